The lowest BCUT2D eigenvalue weighted by atomic mass is 10.2. The highest BCUT2D eigenvalue weighted by atomic mass is 35.5. The van der Waals surface area contributed by atoms with E-state index in [2.05, 4.69) is 20.5 Å². The standard InChI is InChI=1S/C20H18ClN5O3/c1-28-14-5-6-15(17(10-14)29-2)19-23-20(25-24-19)22-18(27)11-26-8-7-12-3-4-13(21)9-16(12)26/h3-10H,11H2,1-2H3,(H2,22,23,24,25,27). The third-order valence-corrected chi connectivity index (χ3v) is 4.69. The molecule has 2 aromatic carbocycles. The van der Waals surface area contributed by atoms with E-state index in [0.29, 0.717) is 27.9 Å². The number of rotatable bonds is 6. The van der Waals surface area contributed by atoms with Gasteiger partial charge in [0.2, 0.25) is 11.9 Å². The fourth-order valence-electron chi connectivity index (χ4n) is 3.05. The van der Waals surface area contributed by atoms with E-state index in [-0.39, 0.29) is 18.4 Å². The van der Waals surface area contributed by atoms with Crippen molar-refractivity contribution in [1.29, 1.82) is 0 Å². The molecule has 9 heteroatoms. The normalized spacial score (nSPS) is 10.9. The zero-order valence-electron chi connectivity index (χ0n) is 15.8. The van der Waals surface area contributed by atoms with E-state index in [9.17, 15) is 4.79 Å². The van der Waals surface area contributed by atoms with Gasteiger partial charge in [0.1, 0.15) is 18.0 Å². The molecule has 0 aliphatic rings. The zero-order valence-corrected chi connectivity index (χ0v) is 16.5. The number of ether oxygens (including phenoxy) is 2. The van der Waals surface area contributed by atoms with Crippen molar-refractivity contribution in [3.63, 3.8) is 0 Å². The van der Waals surface area contributed by atoms with Crippen LogP contribution in [0.4, 0.5) is 5.95 Å². The monoisotopic (exact) mass is 411 g/mol. The quantitative estimate of drug-likeness (QED) is 0.504. The minimum absolute atomic E-state index is 0.111. The molecule has 2 aromatic heterocycles. The van der Waals surface area contributed by atoms with Crippen LogP contribution in [0.1, 0.15) is 0 Å². The van der Waals surface area contributed by atoms with Gasteiger partial charge in [0.15, 0.2) is 5.82 Å². The molecule has 148 valence electrons. The summed E-state index contributed by atoms with van der Waals surface area (Å²) in [5, 5.41) is 11.2. The van der Waals surface area contributed by atoms with Crippen molar-refractivity contribution in [1.82, 2.24) is 19.7 Å². The number of carbonyl (C=O) groups excluding carboxylic acids is 1. The average molecular weight is 412 g/mol. The van der Waals surface area contributed by atoms with Crippen LogP contribution in [-0.4, -0.2) is 39.9 Å². The first-order chi connectivity index (χ1) is 14.1. The second-order valence-electron chi connectivity index (χ2n) is 6.27. The Morgan fingerprint density at radius 3 is 2.83 bits per heavy atom. The maximum atomic E-state index is 12.5. The van der Waals surface area contributed by atoms with E-state index in [1.54, 1.807) is 32.4 Å². The molecule has 2 N–H and O–H groups in total. The van der Waals surface area contributed by atoms with Crippen LogP contribution in [0.2, 0.25) is 5.02 Å². The van der Waals surface area contributed by atoms with Crippen molar-refractivity contribution < 1.29 is 14.3 Å². The molecule has 0 unspecified atom stereocenters. The number of amides is 1. The second kappa shape index (κ2) is 7.84. The van der Waals surface area contributed by atoms with Crippen LogP contribution in [0.3, 0.4) is 0 Å². The van der Waals surface area contributed by atoms with Gasteiger partial charge in [-0.2, -0.15) is 4.98 Å². The first kappa shape index (κ1) is 18.8. The maximum absolute atomic E-state index is 12.5. The summed E-state index contributed by atoms with van der Waals surface area (Å²) in [7, 11) is 3.14. The number of nitrogens with one attached hydrogen (secondary N) is 2. The molecule has 8 nitrogen and oxygen atoms in total. The van der Waals surface area contributed by atoms with Crippen molar-refractivity contribution in [2.24, 2.45) is 0 Å². The van der Waals surface area contributed by atoms with Gasteiger partial charge in [0.05, 0.1) is 19.8 Å². The minimum atomic E-state index is -0.255. The summed E-state index contributed by atoms with van der Waals surface area (Å²) in [5.41, 5.74) is 1.58. The summed E-state index contributed by atoms with van der Waals surface area (Å²) in [6, 6.07) is 12.8. The fraction of sp³-hybridized carbons (Fsp3) is 0.150. The van der Waals surface area contributed by atoms with E-state index in [4.69, 9.17) is 21.1 Å². The predicted molar refractivity (Wildman–Crippen MR) is 111 cm³/mol. The molecule has 2 heterocycles. The van der Waals surface area contributed by atoms with Gasteiger partial charge in [-0.1, -0.05) is 17.7 Å². The molecule has 1 amide bonds. The zero-order chi connectivity index (χ0) is 20.4. The van der Waals surface area contributed by atoms with Crippen LogP contribution >= 0.6 is 11.6 Å². The Morgan fingerprint density at radius 1 is 1.17 bits per heavy atom. The number of methoxy groups -OCH3 is 2. The lowest BCUT2D eigenvalue weighted by Crippen LogP contribution is -2.19. The minimum Gasteiger partial charge on any atom is -0.497 e. The number of H-pyrrole nitrogens is 1. The fourth-order valence-corrected chi connectivity index (χ4v) is 3.21. The van der Waals surface area contributed by atoms with Crippen LogP contribution < -0.4 is 14.8 Å². The summed E-state index contributed by atoms with van der Waals surface area (Å²) >= 11 is 6.06. The van der Waals surface area contributed by atoms with Crippen molar-refractivity contribution in [3.8, 4) is 22.9 Å². The number of fused-ring (bicyclic) bond motifs is 1. The smallest absolute Gasteiger partial charge is 0.249 e. The molecule has 0 bridgehead atoms. The molecular weight excluding hydrogens is 394 g/mol. The van der Waals surface area contributed by atoms with Crippen LogP contribution in [-0.2, 0) is 11.3 Å². The topological polar surface area (TPSA) is 94.1 Å². The lowest BCUT2D eigenvalue weighted by Gasteiger charge is -2.08. The third-order valence-electron chi connectivity index (χ3n) is 4.45. The van der Waals surface area contributed by atoms with Gasteiger partial charge in [-0.25, -0.2) is 0 Å². The molecule has 0 atom stereocenters. The van der Waals surface area contributed by atoms with Gasteiger partial charge >= 0.3 is 0 Å². The number of hydrogen-bond donors (Lipinski definition) is 2. The number of aromatic nitrogens is 4. The molecule has 4 rings (SSSR count). The van der Waals surface area contributed by atoms with E-state index in [1.165, 1.54) is 0 Å². The van der Waals surface area contributed by atoms with Crippen LogP contribution in [0.25, 0.3) is 22.3 Å². The Balaban J connectivity index is 1.50. The Kier molecular flexibility index (Phi) is 5.09. The van der Waals surface area contributed by atoms with E-state index in [1.807, 2.05) is 35.0 Å². The summed E-state index contributed by atoms with van der Waals surface area (Å²) in [6.07, 6.45) is 1.84. The van der Waals surface area contributed by atoms with E-state index in [0.717, 1.165) is 10.9 Å². The molecule has 0 fully saturated rings. The number of hydrogen-bond acceptors (Lipinski definition) is 5. The van der Waals surface area contributed by atoms with Gasteiger partial charge in [-0.15, -0.1) is 5.10 Å². The summed E-state index contributed by atoms with van der Waals surface area (Å²) < 4.78 is 12.4. The van der Waals surface area contributed by atoms with Crippen LogP contribution in [0.5, 0.6) is 11.5 Å². The van der Waals surface area contributed by atoms with E-state index < -0.39 is 0 Å². The highest BCUT2D eigenvalue weighted by Crippen LogP contribution is 2.31. The highest BCUT2D eigenvalue weighted by Gasteiger charge is 2.14. The Bertz CT molecular complexity index is 1180. The Morgan fingerprint density at radius 2 is 2.03 bits per heavy atom. The van der Waals surface area contributed by atoms with Crippen molar-refractivity contribution >= 4 is 34.4 Å². The molecular formula is C20H18ClN5O3. The van der Waals surface area contributed by atoms with Crippen molar-refractivity contribution in [2.75, 3.05) is 19.5 Å². The molecule has 0 saturated heterocycles. The number of aromatic amines is 1. The predicted octanol–water partition coefficient (Wildman–Crippen LogP) is 3.74. The van der Waals surface area contributed by atoms with Gasteiger partial charge in [-0.05, 0) is 35.7 Å². The first-order valence-corrected chi connectivity index (χ1v) is 9.14. The highest BCUT2D eigenvalue weighted by molar-refractivity contribution is 6.31. The lowest BCUT2D eigenvalue weighted by molar-refractivity contribution is -0.116. The van der Waals surface area contributed by atoms with Gasteiger partial charge in [0, 0.05) is 22.8 Å². The second-order valence-corrected chi connectivity index (χ2v) is 6.71. The average Bonchev–Trinajstić information content (AvgIpc) is 3.34. The number of benzene rings is 2. The van der Waals surface area contributed by atoms with Crippen molar-refractivity contribution in [3.05, 3.63) is 53.7 Å². The third kappa shape index (κ3) is 3.88. The molecule has 0 spiro atoms. The molecule has 0 radical (unpaired) electrons. The van der Waals surface area contributed by atoms with Gasteiger partial charge in [-0.3, -0.25) is 15.2 Å². The number of carbonyl (C=O) groups is 1. The van der Waals surface area contributed by atoms with E-state index >= 15 is 0 Å². The number of halogens is 1. The Labute approximate surface area is 171 Å². The summed E-state index contributed by atoms with van der Waals surface area (Å²) in [6.45, 7) is 0.111. The Hall–Kier alpha value is -3.52. The van der Waals surface area contributed by atoms with Gasteiger partial charge in [0.25, 0.3) is 0 Å². The molecule has 0 saturated carbocycles. The number of anilines is 1. The summed E-state index contributed by atoms with van der Waals surface area (Å²) in [5.74, 6) is 1.64. The molecule has 0 aliphatic carbocycles. The first-order valence-electron chi connectivity index (χ1n) is 8.76. The number of nitrogens with zero attached hydrogens (tertiary/aromatic N) is 3. The SMILES string of the molecule is COc1ccc(-c2nc(NC(=O)Cn3ccc4ccc(Cl)cc43)n[nH]2)c(OC)c1. The largest absolute Gasteiger partial charge is 0.497 e. The van der Waals surface area contributed by atoms with Crippen molar-refractivity contribution in [2.45, 2.75) is 6.54 Å². The molecule has 0 aliphatic heterocycles. The van der Waals surface area contributed by atoms with Crippen LogP contribution in [0.15, 0.2) is 48.7 Å². The molecule has 4 aromatic rings. The van der Waals surface area contributed by atoms with Gasteiger partial charge < -0.3 is 14.0 Å². The maximum Gasteiger partial charge on any atom is 0.249 e. The summed E-state index contributed by atoms with van der Waals surface area (Å²) in [4.78, 5) is 16.8. The van der Waals surface area contributed by atoms with Crippen LogP contribution in [0, 0.1) is 0 Å². The molecule has 29 heavy (non-hydrogen) atoms.